The Balaban J connectivity index is 2.47. The largest absolute Gasteiger partial charge is 0.508 e. The molecule has 0 unspecified atom stereocenters. The molecule has 1 heterocycles. The predicted octanol–water partition coefficient (Wildman–Crippen LogP) is 2.10. The van der Waals surface area contributed by atoms with Gasteiger partial charge in [0.05, 0.1) is 18.7 Å². The Kier molecular flexibility index (Phi) is 3.73. The number of aromatic hydroxyl groups is 1. The van der Waals surface area contributed by atoms with E-state index in [1.54, 1.807) is 11.7 Å². The van der Waals surface area contributed by atoms with Crippen LogP contribution in [0.1, 0.15) is 0 Å². The summed E-state index contributed by atoms with van der Waals surface area (Å²) in [5.41, 5.74) is 0.274. The maximum atomic E-state index is 13.8. The third-order valence-electron chi connectivity index (χ3n) is 2.47. The number of halogens is 1. The lowest BCUT2D eigenvalue weighted by molar-refractivity contribution is 0.187. The molecule has 5 nitrogen and oxygen atoms in total. The number of hydrogen-bond donors (Lipinski definition) is 2. The molecule has 96 valence electrons. The first-order valence-electron chi connectivity index (χ1n) is 5.26. The van der Waals surface area contributed by atoms with Crippen molar-refractivity contribution >= 4 is 12.2 Å². The fourth-order valence-corrected chi connectivity index (χ4v) is 1.82. The number of rotatable bonds is 4. The number of ether oxygens (including phenoxy) is 1. The first kappa shape index (κ1) is 12.7. The smallest absolute Gasteiger partial charge is 0.195 e. The third kappa shape index (κ3) is 2.41. The van der Waals surface area contributed by atoms with Crippen LogP contribution in [0.4, 0.5) is 4.39 Å². The van der Waals surface area contributed by atoms with E-state index in [2.05, 4.69) is 10.2 Å². The first-order valence-corrected chi connectivity index (χ1v) is 5.67. The minimum absolute atomic E-state index is 0.131. The summed E-state index contributed by atoms with van der Waals surface area (Å²) in [5, 5.41) is 15.8. The van der Waals surface area contributed by atoms with Crippen LogP contribution in [0, 0.1) is 10.6 Å². The van der Waals surface area contributed by atoms with Gasteiger partial charge in [-0.3, -0.25) is 9.67 Å². The van der Waals surface area contributed by atoms with Crippen molar-refractivity contribution in [1.29, 1.82) is 0 Å². The van der Waals surface area contributed by atoms with Crippen LogP contribution in [0.5, 0.6) is 5.75 Å². The molecule has 2 N–H and O–H groups in total. The summed E-state index contributed by atoms with van der Waals surface area (Å²) in [6, 6.07) is 3.89. The summed E-state index contributed by atoms with van der Waals surface area (Å²) in [6.07, 6.45) is 0. The van der Waals surface area contributed by atoms with E-state index in [0.717, 1.165) is 6.07 Å². The van der Waals surface area contributed by atoms with E-state index in [0.29, 0.717) is 23.7 Å². The van der Waals surface area contributed by atoms with E-state index >= 15 is 0 Å². The second kappa shape index (κ2) is 5.28. The molecule has 0 fully saturated rings. The summed E-state index contributed by atoms with van der Waals surface area (Å²) in [4.78, 5) is 0. The SMILES string of the molecule is COCCn1c(-c2ccc(O)cc2F)n[nH]c1=S. The number of benzene rings is 1. The molecule has 2 rings (SSSR count). The van der Waals surface area contributed by atoms with Crippen molar-refractivity contribution < 1.29 is 14.2 Å². The molecule has 2 aromatic rings. The topological polar surface area (TPSA) is 63.1 Å². The lowest BCUT2D eigenvalue weighted by atomic mass is 10.2. The van der Waals surface area contributed by atoms with Crippen LogP contribution in [-0.4, -0.2) is 33.6 Å². The van der Waals surface area contributed by atoms with Gasteiger partial charge in [0.15, 0.2) is 10.6 Å². The highest BCUT2D eigenvalue weighted by atomic mass is 32.1. The molecule has 0 bridgehead atoms. The maximum Gasteiger partial charge on any atom is 0.195 e. The zero-order chi connectivity index (χ0) is 13.1. The summed E-state index contributed by atoms with van der Waals surface area (Å²) >= 11 is 5.07. The van der Waals surface area contributed by atoms with Crippen molar-refractivity contribution in [3.05, 3.63) is 28.8 Å². The van der Waals surface area contributed by atoms with Crippen LogP contribution in [-0.2, 0) is 11.3 Å². The standard InChI is InChI=1S/C11H12FN3O2S/c1-17-5-4-15-10(13-14-11(15)18)8-3-2-7(16)6-9(8)12/h2-3,6,16H,4-5H2,1H3,(H,14,18). The van der Waals surface area contributed by atoms with E-state index in [1.807, 2.05) is 0 Å². The molecule has 0 saturated heterocycles. The van der Waals surface area contributed by atoms with E-state index in [4.69, 9.17) is 17.0 Å². The highest BCUT2D eigenvalue weighted by Crippen LogP contribution is 2.24. The van der Waals surface area contributed by atoms with Crippen molar-refractivity contribution in [2.24, 2.45) is 0 Å². The van der Waals surface area contributed by atoms with Crippen molar-refractivity contribution in [3.8, 4) is 17.1 Å². The molecule has 1 aromatic carbocycles. The number of methoxy groups -OCH3 is 1. The van der Waals surface area contributed by atoms with Crippen LogP contribution in [0.15, 0.2) is 18.2 Å². The Morgan fingerprint density at radius 2 is 2.33 bits per heavy atom. The van der Waals surface area contributed by atoms with Crippen molar-refractivity contribution in [3.63, 3.8) is 0 Å². The van der Waals surface area contributed by atoms with Crippen LogP contribution >= 0.6 is 12.2 Å². The number of aromatic amines is 1. The molecule has 0 aliphatic carbocycles. The fraction of sp³-hybridized carbons (Fsp3) is 0.273. The van der Waals surface area contributed by atoms with Crippen molar-refractivity contribution in [2.75, 3.05) is 13.7 Å². The van der Waals surface area contributed by atoms with Gasteiger partial charge in [0, 0.05) is 13.2 Å². The minimum Gasteiger partial charge on any atom is -0.508 e. The van der Waals surface area contributed by atoms with Gasteiger partial charge in [-0.1, -0.05) is 0 Å². The second-order valence-electron chi connectivity index (χ2n) is 3.66. The van der Waals surface area contributed by atoms with Gasteiger partial charge in [-0.2, -0.15) is 5.10 Å². The fourth-order valence-electron chi connectivity index (χ4n) is 1.60. The summed E-state index contributed by atoms with van der Waals surface area (Å²) in [7, 11) is 1.57. The maximum absolute atomic E-state index is 13.8. The normalized spacial score (nSPS) is 10.8. The molecular weight excluding hydrogens is 257 g/mol. The van der Waals surface area contributed by atoms with Gasteiger partial charge in [0.25, 0.3) is 0 Å². The predicted molar refractivity (Wildman–Crippen MR) is 66.3 cm³/mol. The summed E-state index contributed by atoms with van der Waals surface area (Å²) in [6.45, 7) is 0.919. The molecule has 0 aliphatic rings. The Morgan fingerprint density at radius 1 is 1.56 bits per heavy atom. The van der Waals surface area contributed by atoms with Crippen LogP contribution in [0.25, 0.3) is 11.4 Å². The third-order valence-corrected chi connectivity index (χ3v) is 2.78. The molecule has 7 heteroatoms. The quantitative estimate of drug-likeness (QED) is 0.834. The Morgan fingerprint density at radius 3 is 3.00 bits per heavy atom. The number of nitrogens with one attached hydrogen (secondary N) is 1. The monoisotopic (exact) mass is 269 g/mol. The molecular formula is C11H12FN3O2S. The number of hydrogen-bond acceptors (Lipinski definition) is 4. The van der Waals surface area contributed by atoms with Gasteiger partial charge in [0.1, 0.15) is 11.6 Å². The van der Waals surface area contributed by atoms with Crippen molar-refractivity contribution in [2.45, 2.75) is 6.54 Å². The van der Waals surface area contributed by atoms with Gasteiger partial charge in [-0.05, 0) is 24.4 Å². The summed E-state index contributed by atoms with van der Waals surface area (Å²) < 4.78 is 20.8. The Hall–Kier alpha value is -1.73. The molecule has 0 radical (unpaired) electrons. The number of aromatic nitrogens is 3. The number of nitrogens with zero attached hydrogens (tertiary/aromatic N) is 2. The second-order valence-corrected chi connectivity index (χ2v) is 4.05. The van der Waals surface area contributed by atoms with Gasteiger partial charge in [-0.25, -0.2) is 4.39 Å². The van der Waals surface area contributed by atoms with Gasteiger partial charge in [0.2, 0.25) is 0 Å². The van der Waals surface area contributed by atoms with Gasteiger partial charge < -0.3 is 9.84 Å². The molecule has 0 spiro atoms. The van der Waals surface area contributed by atoms with Gasteiger partial charge >= 0.3 is 0 Å². The van der Waals surface area contributed by atoms with E-state index in [1.165, 1.54) is 12.1 Å². The lowest BCUT2D eigenvalue weighted by Gasteiger charge is -2.07. The van der Waals surface area contributed by atoms with E-state index in [-0.39, 0.29) is 11.3 Å². The zero-order valence-electron chi connectivity index (χ0n) is 9.68. The Bertz CT molecular complexity index is 609. The van der Waals surface area contributed by atoms with E-state index < -0.39 is 5.82 Å². The zero-order valence-corrected chi connectivity index (χ0v) is 10.5. The molecule has 1 aromatic heterocycles. The molecule has 0 aliphatic heterocycles. The first-order chi connectivity index (χ1) is 8.63. The number of phenolic OH excluding ortho intramolecular Hbond substituents is 1. The highest BCUT2D eigenvalue weighted by molar-refractivity contribution is 7.71. The molecule has 18 heavy (non-hydrogen) atoms. The minimum atomic E-state index is -0.553. The highest BCUT2D eigenvalue weighted by Gasteiger charge is 2.13. The van der Waals surface area contributed by atoms with E-state index in [9.17, 15) is 9.50 Å². The number of H-pyrrole nitrogens is 1. The number of phenols is 1. The Labute approximate surface area is 108 Å². The molecule has 0 amide bonds. The van der Waals surface area contributed by atoms with Gasteiger partial charge in [-0.15, -0.1) is 0 Å². The average Bonchev–Trinajstić information content (AvgIpc) is 2.68. The molecule has 0 atom stereocenters. The van der Waals surface area contributed by atoms with Crippen molar-refractivity contribution in [1.82, 2.24) is 14.8 Å². The average molecular weight is 269 g/mol. The molecule has 0 saturated carbocycles. The summed E-state index contributed by atoms with van der Waals surface area (Å²) in [5.74, 6) is -0.300. The van der Waals surface area contributed by atoms with Crippen LogP contribution in [0.2, 0.25) is 0 Å². The van der Waals surface area contributed by atoms with Crippen LogP contribution in [0.3, 0.4) is 0 Å². The van der Waals surface area contributed by atoms with Crippen LogP contribution < -0.4 is 0 Å². The lowest BCUT2D eigenvalue weighted by Crippen LogP contribution is -2.06.